The van der Waals surface area contributed by atoms with Crippen molar-refractivity contribution in [3.05, 3.63) is 12.4 Å². The number of hydrogen-bond acceptors (Lipinski definition) is 4. The van der Waals surface area contributed by atoms with Gasteiger partial charge in [0.15, 0.2) is 9.84 Å². The van der Waals surface area contributed by atoms with Gasteiger partial charge in [-0.2, -0.15) is 5.10 Å². The maximum atomic E-state index is 11.5. The van der Waals surface area contributed by atoms with Gasteiger partial charge in [0.05, 0.1) is 29.4 Å². The summed E-state index contributed by atoms with van der Waals surface area (Å²) in [6.07, 6.45) is 4.70. The summed E-state index contributed by atoms with van der Waals surface area (Å²) in [6, 6.07) is 0. The lowest BCUT2D eigenvalue weighted by Gasteiger charge is -2.08. The lowest BCUT2D eigenvalue weighted by Crippen LogP contribution is -2.22. The van der Waals surface area contributed by atoms with E-state index in [4.69, 9.17) is 5.73 Å². The number of sulfone groups is 1. The van der Waals surface area contributed by atoms with Gasteiger partial charge < -0.3 is 5.73 Å². The van der Waals surface area contributed by atoms with E-state index in [0.29, 0.717) is 18.0 Å². The van der Waals surface area contributed by atoms with Gasteiger partial charge in [-0.15, -0.1) is 0 Å². The van der Waals surface area contributed by atoms with E-state index >= 15 is 0 Å². The van der Waals surface area contributed by atoms with Crippen LogP contribution in [-0.2, 0) is 16.4 Å². The number of rotatable bonds is 2. The molecule has 78 valence electrons. The maximum absolute atomic E-state index is 11.5. The van der Waals surface area contributed by atoms with E-state index < -0.39 is 9.84 Å². The van der Waals surface area contributed by atoms with Gasteiger partial charge in [-0.05, 0) is 12.8 Å². The van der Waals surface area contributed by atoms with Crippen LogP contribution in [0.5, 0.6) is 0 Å². The fourth-order valence-electron chi connectivity index (χ4n) is 1.75. The number of aromatic nitrogens is 2. The van der Waals surface area contributed by atoms with Crippen molar-refractivity contribution in [3.8, 4) is 0 Å². The largest absolute Gasteiger partial charge is 0.396 e. The summed E-state index contributed by atoms with van der Waals surface area (Å²) in [5.74, 6) is 0.314. The van der Waals surface area contributed by atoms with Gasteiger partial charge in [0, 0.05) is 6.20 Å². The van der Waals surface area contributed by atoms with E-state index in [2.05, 4.69) is 5.10 Å². The zero-order valence-electron chi connectivity index (χ0n) is 7.76. The van der Waals surface area contributed by atoms with Crippen LogP contribution in [0, 0.1) is 0 Å². The minimum absolute atomic E-state index is 0.276. The molecule has 0 saturated carbocycles. The van der Waals surface area contributed by atoms with Crippen molar-refractivity contribution in [2.45, 2.75) is 24.6 Å². The first-order valence-electron chi connectivity index (χ1n) is 4.57. The summed E-state index contributed by atoms with van der Waals surface area (Å²) in [7, 11) is -2.88. The second-order valence-electron chi connectivity index (χ2n) is 3.63. The third-order valence-corrected chi connectivity index (χ3v) is 4.76. The summed E-state index contributed by atoms with van der Waals surface area (Å²) >= 11 is 0. The first kappa shape index (κ1) is 9.51. The first-order chi connectivity index (χ1) is 6.58. The van der Waals surface area contributed by atoms with Gasteiger partial charge in [0.1, 0.15) is 0 Å². The van der Waals surface area contributed by atoms with Crippen molar-refractivity contribution in [1.82, 2.24) is 9.78 Å². The van der Waals surface area contributed by atoms with Crippen LogP contribution >= 0.6 is 0 Å². The molecule has 1 atom stereocenters. The molecule has 5 nitrogen and oxygen atoms in total. The minimum Gasteiger partial charge on any atom is -0.396 e. The normalized spacial score (nSPS) is 25.3. The van der Waals surface area contributed by atoms with Gasteiger partial charge in [0.25, 0.3) is 0 Å². The van der Waals surface area contributed by atoms with Crippen molar-refractivity contribution in [2.75, 3.05) is 11.5 Å². The molecule has 1 aliphatic rings. The minimum atomic E-state index is -2.88. The van der Waals surface area contributed by atoms with E-state index in [1.54, 1.807) is 10.9 Å². The number of nitrogens with two attached hydrogens (primary N) is 1. The quantitative estimate of drug-likeness (QED) is 0.755. The van der Waals surface area contributed by atoms with E-state index in [9.17, 15) is 8.42 Å². The Hall–Kier alpha value is -1.04. The molecule has 0 aliphatic carbocycles. The summed E-state index contributed by atoms with van der Waals surface area (Å²) in [6.45, 7) is 0.430. The van der Waals surface area contributed by atoms with Gasteiger partial charge in [-0.25, -0.2) is 8.42 Å². The first-order valence-corrected chi connectivity index (χ1v) is 6.29. The molecule has 1 aliphatic heterocycles. The number of anilines is 1. The van der Waals surface area contributed by atoms with Crippen LogP contribution in [0.25, 0.3) is 0 Å². The molecule has 6 heteroatoms. The van der Waals surface area contributed by atoms with E-state index in [1.807, 2.05) is 0 Å². The second-order valence-corrected chi connectivity index (χ2v) is 6.03. The molecule has 0 aromatic carbocycles. The number of nitrogen functional groups attached to an aromatic ring is 1. The van der Waals surface area contributed by atoms with E-state index in [1.165, 1.54) is 6.20 Å². The Labute approximate surface area is 82.8 Å². The van der Waals surface area contributed by atoms with Crippen molar-refractivity contribution in [1.29, 1.82) is 0 Å². The Bertz CT molecular complexity index is 424. The van der Waals surface area contributed by atoms with Crippen molar-refractivity contribution in [3.63, 3.8) is 0 Å². The molecule has 2 N–H and O–H groups in total. The Morgan fingerprint density at radius 2 is 2.43 bits per heavy atom. The van der Waals surface area contributed by atoms with E-state index in [-0.39, 0.29) is 5.25 Å². The summed E-state index contributed by atoms with van der Waals surface area (Å²) in [5.41, 5.74) is 6.06. The lowest BCUT2D eigenvalue weighted by atomic mass is 10.2. The molecule has 1 fully saturated rings. The van der Waals surface area contributed by atoms with Gasteiger partial charge in [0.2, 0.25) is 0 Å². The molecule has 0 amide bonds. The Balaban J connectivity index is 2.12. The zero-order chi connectivity index (χ0) is 10.2. The fourth-order valence-corrected chi connectivity index (χ4v) is 3.56. The molecule has 14 heavy (non-hydrogen) atoms. The van der Waals surface area contributed by atoms with E-state index in [0.717, 1.165) is 12.8 Å². The van der Waals surface area contributed by atoms with Gasteiger partial charge in [-0.1, -0.05) is 0 Å². The zero-order valence-corrected chi connectivity index (χ0v) is 8.57. The molecule has 0 bridgehead atoms. The fraction of sp³-hybridized carbons (Fsp3) is 0.625. The molecule has 1 saturated heterocycles. The van der Waals surface area contributed by atoms with Crippen LogP contribution in [0.1, 0.15) is 12.8 Å². The van der Waals surface area contributed by atoms with Crippen LogP contribution < -0.4 is 5.73 Å². The summed E-state index contributed by atoms with van der Waals surface area (Å²) < 4.78 is 24.6. The standard InChI is InChI=1S/C8H13N3O2S/c9-7-4-10-11(5-7)6-8-2-1-3-14(8,12)13/h4-5,8H,1-3,6,9H2. The molecule has 2 rings (SSSR count). The molecular formula is C8H13N3O2S. The molecule has 0 radical (unpaired) electrons. The predicted octanol–water partition coefficient (Wildman–Crippen LogP) is 0.0425. The third kappa shape index (κ3) is 1.75. The lowest BCUT2D eigenvalue weighted by molar-refractivity contribution is 0.542. The van der Waals surface area contributed by atoms with Crippen LogP contribution in [0.2, 0.25) is 0 Å². The average Bonchev–Trinajstić information content (AvgIpc) is 2.61. The highest BCUT2D eigenvalue weighted by Crippen LogP contribution is 2.21. The Morgan fingerprint density at radius 1 is 1.64 bits per heavy atom. The predicted molar refractivity (Wildman–Crippen MR) is 53.4 cm³/mol. The Kier molecular flexibility index (Phi) is 2.22. The van der Waals surface area contributed by atoms with Gasteiger partial charge in [-0.3, -0.25) is 4.68 Å². The molecular weight excluding hydrogens is 202 g/mol. The van der Waals surface area contributed by atoms with Gasteiger partial charge >= 0.3 is 0 Å². The SMILES string of the molecule is Nc1cnn(CC2CCCS2(=O)=O)c1. The monoisotopic (exact) mass is 215 g/mol. The second kappa shape index (κ2) is 3.27. The molecule has 1 unspecified atom stereocenters. The van der Waals surface area contributed by atoms with Crippen molar-refractivity contribution >= 4 is 15.5 Å². The Morgan fingerprint density at radius 3 is 2.93 bits per heavy atom. The molecule has 0 spiro atoms. The number of nitrogens with zero attached hydrogens (tertiary/aromatic N) is 2. The van der Waals surface area contributed by atoms with Crippen LogP contribution in [0.15, 0.2) is 12.4 Å². The maximum Gasteiger partial charge on any atom is 0.154 e. The summed E-state index contributed by atoms with van der Waals surface area (Å²) in [4.78, 5) is 0. The molecule has 2 heterocycles. The topological polar surface area (TPSA) is 78.0 Å². The average molecular weight is 215 g/mol. The van der Waals surface area contributed by atoms with Crippen LogP contribution in [0.3, 0.4) is 0 Å². The molecule has 1 aromatic rings. The van der Waals surface area contributed by atoms with Crippen molar-refractivity contribution in [2.24, 2.45) is 0 Å². The number of hydrogen-bond donors (Lipinski definition) is 1. The summed E-state index contributed by atoms with van der Waals surface area (Å²) in [5, 5.41) is 3.70. The highest BCUT2D eigenvalue weighted by atomic mass is 32.2. The van der Waals surface area contributed by atoms with Crippen molar-refractivity contribution < 1.29 is 8.42 Å². The molecule has 1 aromatic heterocycles. The van der Waals surface area contributed by atoms with Crippen LogP contribution in [-0.4, -0.2) is 29.2 Å². The highest BCUT2D eigenvalue weighted by molar-refractivity contribution is 7.92. The highest BCUT2D eigenvalue weighted by Gasteiger charge is 2.31. The smallest absolute Gasteiger partial charge is 0.154 e. The van der Waals surface area contributed by atoms with Crippen LogP contribution in [0.4, 0.5) is 5.69 Å². The third-order valence-electron chi connectivity index (χ3n) is 2.51.